The van der Waals surface area contributed by atoms with Crippen molar-refractivity contribution in [3.63, 3.8) is 0 Å². The van der Waals surface area contributed by atoms with E-state index in [1.165, 1.54) is 17.9 Å². The number of nitrogens with zero attached hydrogens (tertiary/aromatic N) is 2. The van der Waals surface area contributed by atoms with Crippen LogP contribution in [0.2, 0.25) is 0 Å². The summed E-state index contributed by atoms with van der Waals surface area (Å²) in [6.45, 7) is 3.45. The highest BCUT2D eigenvalue weighted by Gasteiger charge is 2.23. The van der Waals surface area contributed by atoms with Gasteiger partial charge in [-0.1, -0.05) is 24.3 Å². The summed E-state index contributed by atoms with van der Waals surface area (Å²) >= 11 is 0. The predicted octanol–water partition coefficient (Wildman–Crippen LogP) is 3.08. The van der Waals surface area contributed by atoms with Gasteiger partial charge < -0.3 is 10.6 Å². The predicted molar refractivity (Wildman–Crippen MR) is 107 cm³/mol. The van der Waals surface area contributed by atoms with Crippen molar-refractivity contribution in [3.05, 3.63) is 59.7 Å². The number of benzene rings is 2. The third-order valence-electron chi connectivity index (χ3n) is 4.37. The van der Waals surface area contributed by atoms with E-state index >= 15 is 0 Å². The van der Waals surface area contributed by atoms with E-state index in [1.807, 2.05) is 24.3 Å². The normalized spacial score (nSPS) is 11.5. The Morgan fingerprint density at radius 3 is 2.52 bits per heavy atom. The number of rotatable bonds is 4. The number of pyridine rings is 1. The summed E-state index contributed by atoms with van der Waals surface area (Å²) < 4.78 is 24.5. The van der Waals surface area contributed by atoms with Gasteiger partial charge in [0.1, 0.15) is 5.82 Å². The van der Waals surface area contributed by atoms with Crippen LogP contribution in [0.3, 0.4) is 0 Å². The average Bonchev–Trinajstić information content (AvgIpc) is 2.58. The monoisotopic (exact) mass is 383 g/mol. The third-order valence-corrected chi connectivity index (χ3v) is 5.50. The Morgan fingerprint density at radius 2 is 1.85 bits per heavy atom. The fraction of sp³-hybridized carbons (Fsp3) is 0.200. The maximum atomic E-state index is 12.4. The molecule has 2 N–H and O–H groups in total. The van der Waals surface area contributed by atoms with Crippen LogP contribution in [-0.4, -0.2) is 25.6 Å². The van der Waals surface area contributed by atoms with Crippen molar-refractivity contribution in [3.8, 4) is 0 Å². The zero-order valence-electron chi connectivity index (χ0n) is 15.4. The lowest BCUT2D eigenvalue weighted by molar-refractivity contribution is -0.116. The molecule has 0 saturated heterocycles. The minimum absolute atomic E-state index is 0.140. The number of carbonyl (C=O) groups is 1. The van der Waals surface area contributed by atoms with Gasteiger partial charge in [0.2, 0.25) is 5.91 Å². The summed E-state index contributed by atoms with van der Waals surface area (Å²) in [6, 6.07) is 14.3. The highest BCUT2D eigenvalue weighted by atomic mass is 32.2. The number of carbonyl (C=O) groups excluding carboxylic acids is 1. The smallest absolute Gasteiger partial charge is 0.224 e. The minimum Gasteiger partial charge on any atom is -0.384 e. The number of nitrogens with two attached hydrogens (primary N) is 1. The fourth-order valence-corrected chi connectivity index (χ4v) is 4.03. The largest absolute Gasteiger partial charge is 0.384 e. The van der Waals surface area contributed by atoms with Gasteiger partial charge in [-0.3, -0.25) is 4.79 Å². The van der Waals surface area contributed by atoms with E-state index in [9.17, 15) is 13.2 Å². The number of nitrogen functional groups attached to an aromatic ring is 1. The lowest BCUT2D eigenvalue weighted by atomic mass is 10.1. The van der Waals surface area contributed by atoms with Gasteiger partial charge in [-0.05, 0) is 42.3 Å². The standard InChI is InChI=1S/C20H21N3O3S/c1-13-5-4-6-18(27(3,25)26)20(13)23(14(2)24)12-15-7-8-16-9-10-19(21)22-17(16)11-15/h4-11H,12H2,1-3H3,(H2,21,22). The topological polar surface area (TPSA) is 93.4 Å². The molecule has 7 heteroatoms. The first-order chi connectivity index (χ1) is 12.7. The van der Waals surface area contributed by atoms with Crippen LogP contribution in [-0.2, 0) is 21.2 Å². The summed E-state index contributed by atoms with van der Waals surface area (Å²) in [5.74, 6) is 0.177. The van der Waals surface area contributed by atoms with Crippen LogP contribution in [0.15, 0.2) is 53.4 Å². The van der Waals surface area contributed by atoms with Gasteiger partial charge in [-0.15, -0.1) is 0 Å². The summed E-state index contributed by atoms with van der Waals surface area (Å²) in [5.41, 5.74) is 8.45. The molecular weight excluding hydrogens is 362 g/mol. The van der Waals surface area contributed by atoms with E-state index in [2.05, 4.69) is 4.98 Å². The molecular formula is C20H21N3O3S. The molecule has 140 valence electrons. The highest BCUT2D eigenvalue weighted by molar-refractivity contribution is 7.90. The molecule has 1 aromatic heterocycles. The summed E-state index contributed by atoms with van der Waals surface area (Å²) in [6.07, 6.45) is 1.15. The number of sulfone groups is 1. The van der Waals surface area contributed by atoms with E-state index in [-0.39, 0.29) is 17.3 Å². The molecule has 1 amide bonds. The van der Waals surface area contributed by atoms with Crippen LogP contribution >= 0.6 is 0 Å². The summed E-state index contributed by atoms with van der Waals surface area (Å²) in [4.78, 5) is 18.3. The van der Waals surface area contributed by atoms with Crippen LogP contribution in [0.1, 0.15) is 18.1 Å². The molecule has 1 heterocycles. The van der Waals surface area contributed by atoms with Gasteiger partial charge in [-0.25, -0.2) is 13.4 Å². The number of anilines is 2. The van der Waals surface area contributed by atoms with Crippen molar-refractivity contribution >= 4 is 38.2 Å². The molecule has 0 atom stereocenters. The maximum absolute atomic E-state index is 12.4. The number of aromatic nitrogens is 1. The van der Waals surface area contributed by atoms with E-state index < -0.39 is 9.84 Å². The van der Waals surface area contributed by atoms with Gasteiger partial charge >= 0.3 is 0 Å². The lowest BCUT2D eigenvalue weighted by Crippen LogP contribution is -2.30. The van der Waals surface area contributed by atoms with Gasteiger partial charge in [0.25, 0.3) is 0 Å². The molecule has 6 nitrogen and oxygen atoms in total. The number of hydrogen-bond donors (Lipinski definition) is 1. The minimum atomic E-state index is -3.49. The van der Waals surface area contributed by atoms with Crippen LogP contribution in [0.5, 0.6) is 0 Å². The van der Waals surface area contributed by atoms with E-state index in [0.717, 1.165) is 28.3 Å². The van der Waals surface area contributed by atoms with Crippen molar-refractivity contribution in [1.82, 2.24) is 4.98 Å². The molecule has 0 saturated carbocycles. The van der Waals surface area contributed by atoms with Crippen LogP contribution in [0, 0.1) is 6.92 Å². The van der Waals surface area contributed by atoms with Crippen LogP contribution < -0.4 is 10.6 Å². The second-order valence-electron chi connectivity index (χ2n) is 6.56. The molecule has 2 aromatic carbocycles. The van der Waals surface area contributed by atoms with E-state index in [0.29, 0.717) is 11.5 Å². The zero-order chi connectivity index (χ0) is 19.8. The Hall–Kier alpha value is -2.93. The van der Waals surface area contributed by atoms with Crippen molar-refractivity contribution in [2.45, 2.75) is 25.3 Å². The molecule has 0 fully saturated rings. The fourth-order valence-electron chi connectivity index (χ4n) is 3.08. The van der Waals surface area contributed by atoms with E-state index in [4.69, 9.17) is 5.73 Å². The molecule has 0 aliphatic carbocycles. The Kier molecular flexibility index (Phi) is 4.89. The van der Waals surface area contributed by atoms with Gasteiger partial charge in [-0.2, -0.15) is 0 Å². The summed E-state index contributed by atoms with van der Waals surface area (Å²) in [7, 11) is -3.49. The number of para-hydroxylation sites is 1. The first-order valence-electron chi connectivity index (χ1n) is 8.40. The van der Waals surface area contributed by atoms with Gasteiger partial charge in [0.15, 0.2) is 9.84 Å². The van der Waals surface area contributed by atoms with E-state index in [1.54, 1.807) is 25.1 Å². The highest BCUT2D eigenvalue weighted by Crippen LogP contribution is 2.31. The Labute approximate surface area is 158 Å². The maximum Gasteiger partial charge on any atom is 0.224 e. The zero-order valence-corrected chi connectivity index (χ0v) is 16.2. The Balaban J connectivity index is 2.10. The van der Waals surface area contributed by atoms with Crippen molar-refractivity contribution in [2.24, 2.45) is 0 Å². The SMILES string of the molecule is CC(=O)N(Cc1ccc2ccc(N)nc2c1)c1c(C)cccc1S(C)(=O)=O. The van der Waals surface area contributed by atoms with Crippen LogP contribution in [0.4, 0.5) is 11.5 Å². The first kappa shape index (κ1) is 18.8. The molecule has 0 aliphatic rings. The lowest BCUT2D eigenvalue weighted by Gasteiger charge is -2.25. The second kappa shape index (κ2) is 7.00. The van der Waals surface area contributed by atoms with Crippen molar-refractivity contribution in [1.29, 1.82) is 0 Å². The van der Waals surface area contributed by atoms with Crippen molar-refractivity contribution < 1.29 is 13.2 Å². The molecule has 3 rings (SSSR count). The molecule has 0 unspecified atom stereocenters. The average molecular weight is 383 g/mol. The molecule has 3 aromatic rings. The van der Waals surface area contributed by atoms with Gasteiger partial charge in [0.05, 0.1) is 22.6 Å². The second-order valence-corrected chi connectivity index (χ2v) is 8.55. The Morgan fingerprint density at radius 1 is 1.15 bits per heavy atom. The molecule has 0 spiro atoms. The number of amides is 1. The molecule has 0 radical (unpaired) electrons. The molecule has 27 heavy (non-hydrogen) atoms. The van der Waals surface area contributed by atoms with Gasteiger partial charge in [0, 0.05) is 18.6 Å². The number of fused-ring (bicyclic) bond motifs is 1. The molecule has 0 bridgehead atoms. The van der Waals surface area contributed by atoms with Crippen molar-refractivity contribution in [2.75, 3.05) is 16.9 Å². The summed E-state index contributed by atoms with van der Waals surface area (Å²) in [5, 5.41) is 0.940. The van der Waals surface area contributed by atoms with Crippen LogP contribution in [0.25, 0.3) is 10.9 Å². The quantitative estimate of drug-likeness (QED) is 0.747. The Bertz CT molecular complexity index is 1140. The first-order valence-corrected chi connectivity index (χ1v) is 10.3. The third kappa shape index (κ3) is 3.93. The number of aryl methyl sites for hydroxylation is 1. The molecule has 0 aliphatic heterocycles. The number of hydrogen-bond acceptors (Lipinski definition) is 5.